The van der Waals surface area contributed by atoms with E-state index in [1.807, 2.05) is 0 Å². The van der Waals surface area contributed by atoms with Crippen molar-refractivity contribution >= 4 is 17.3 Å². The summed E-state index contributed by atoms with van der Waals surface area (Å²) in [6.07, 6.45) is -4.68. The van der Waals surface area contributed by atoms with Crippen LogP contribution in [-0.2, 0) is 12.6 Å². The quantitative estimate of drug-likeness (QED) is 0.760. The lowest BCUT2D eigenvalue weighted by Crippen LogP contribution is -2.07. The van der Waals surface area contributed by atoms with Gasteiger partial charge in [-0.2, -0.15) is 18.4 Å². The smallest absolute Gasteiger partial charge is 0.397 e. The zero-order chi connectivity index (χ0) is 11.6. The molecule has 0 unspecified atom stereocenters. The summed E-state index contributed by atoms with van der Waals surface area (Å²) in [5.41, 5.74) is 4.65. The van der Waals surface area contributed by atoms with Crippen LogP contribution in [0.1, 0.15) is 11.1 Å². The molecule has 2 N–H and O–H groups in total. The lowest BCUT2D eigenvalue weighted by molar-refractivity contribution is -0.137. The zero-order valence-corrected chi connectivity index (χ0v) is 8.15. The number of anilines is 1. The molecule has 80 valence electrons. The van der Waals surface area contributed by atoms with Crippen molar-refractivity contribution in [2.75, 3.05) is 5.73 Å². The Labute approximate surface area is 89.1 Å². The second-order valence-electron chi connectivity index (χ2n) is 2.86. The largest absolute Gasteiger partial charge is 0.416 e. The number of nitriles is 1. The minimum Gasteiger partial charge on any atom is -0.397 e. The van der Waals surface area contributed by atoms with Gasteiger partial charge in [0.25, 0.3) is 0 Å². The van der Waals surface area contributed by atoms with Crippen molar-refractivity contribution in [3.05, 3.63) is 28.3 Å². The van der Waals surface area contributed by atoms with Gasteiger partial charge in [-0.05, 0) is 17.7 Å². The van der Waals surface area contributed by atoms with Gasteiger partial charge in [-0.15, -0.1) is 0 Å². The Morgan fingerprint density at radius 2 is 2.00 bits per heavy atom. The second kappa shape index (κ2) is 3.99. The third-order valence-corrected chi connectivity index (χ3v) is 2.12. The van der Waals surface area contributed by atoms with Crippen LogP contribution in [0.5, 0.6) is 0 Å². The van der Waals surface area contributed by atoms with E-state index in [0.717, 1.165) is 12.1 Å². The summed E-state index contributed by atoms with van der Waals surface area (Å²) < 4.78 is 37.0. The predicted octanol–water partition coefficient (Wildman–Crippen LogP) is 3.01. The molecule has 0 saturated carbocycles. The van der Waals surface area contributed by atoms with E-state index in [1.165, 1.54) is 0 Å². The Hall–Kier alpha value is -1.41. The van der Waals surface area contributed by atoms with Crippen molar-refractivity contribution in [3.63, 3.8) is 0 Å². The average Bonchev–Trinajstić information content (AvgIpc) is 2.11. The highest BCUT2D eigenvalue weighted by molar-refractivity contribution is 6.33. The molecule has 0 fully saturated rings. The van der Waals surface area contributed by atoms with Crippen molar-refractivity contribution in [2.45, 2.75) is 12.6 Å². The number of nitrogens with two attached hydrogens (primary N) is 1. The highest BCUT2D eigenvalue weighted by Gasteiger charge is 2.31. The van der Waals surface area contributed by atoms with Crippen molar-refractivity contribution in [3.8, 4) is 6.07 Å². The number of hydrogen-bond donors (Lipinski definition) is 1. The molecular formula is C9H6ClF3N2. The van der Waals surface area contributed by atoms with Gasteiger partial charge in [0.05, 0.1) is 28.8 Å². The fourth-order valence-electron chi connectivity index (χ4n) is 1.07. The summed E-state index contributed by atoms with van der Waals surface area (Å²) in [7, 11) is 0. The van der Waals surface area contributed by atoms with Crippen LogP contribution in [0, 0.1) is 11.3 Å². The third kappa shape index (κ3) is 2.54. The lowest BCUT2D eigenvalue weighted by Gasteiger charge is -2.11. The minimum absolute atomic E-state index is 0.0196. The third-order valence-electron chi connectivity index (χ3n) is 1.81. The molecule has 0 heterocycles. The molecule has 0 bridgehead atoms. The molecule has 0 saturated heterocycles. The topological polar surface area (TPSA) is 49.8 Å². The highest BCUT2D eigenvalue weighted by Crippen LogP contribution is 2.35. The molecule has 1 rings (SSSR count). The van der Waals surface area contributed by atoms with Crippen molar-refractivity contribution in [1.29, 1.82) is 5.26 Å². The number of halogens is 4. The molecule has 0 atom stereocenters. The fourth-order valence-corrected chi connectivity index (χ4v) is 1.31. The first-order valence-electron chi connectivity index (χ1n) is 3.88. The fraction of sp³-hybridized carbons (Fsp3) is 0.222. The molecule has 1 aromatic rings. The number of alkyl halides is 3. The summed E-state index contributed by atoms with van der Waals surface area (Å²) >= 11 is 5.53. The number of nitrogen functional groups attached to an aromatic ring is 1. The maximum Gasteiger partial charge on any atom is 0.416 e. The van der Waals surface area contributed by atoms with Crippen molar-refractivity contribution in [2.24, 2.45) is 0 Å². The van der Waals surface area contributed by atoms with E-state index >= 15 is 0 Å². The van der Waals surface area contributed by atoms with Crippen LogP contribution in [0.4, 0.5) is 18.9 Å². The van der Waals surface area contributed by atoms with Crippen LogP contribution < -0.4 is 5.73 Å². The Bertz CT molecular complexity index is 421. The molecule has 0 aliphatic heterocycles. The maximum atomic E-state index is 12.3. The van der Waals surface area contributed by atoms with Crippen molar-refractivity contribution < 1.29 is 13.2 Å². The number of benzene rings is 1. The average molecular weight is 235 g/mol. The van der Waals surface area contributed by atoms with E-state index in [9.17, 15) is 13.2 Å². The molecule has 1 aromatic carbocycles. The Morgan fingerprint density at radius 1 is 1.40 bits per heavy atom. The normalized spacial score (nSPS) is 11.1. The number of nitrogens with zero attached hydrogens (tertiary/aromatic N) is 1. The summed E-state index contributed by atoms with van der Waals surface area (Å²) in [5.74, 6) is 0. The first-order valence-corrected chi connectivity index (χ1v) is 4.26. The molecule has 15 heavy (non-hydrogen) atoms. The summed E-state index contributed by atoms with van der Waals surface area (Å²) in [5, 5.41) is 8.21. The Kier molecular flexibility index (Phi) is 3.10. The second-order valence-corrected chi connectivity index (χ2v) is 3.27. The molecule has 0 aliphatic carbocycles. The highest BCUT2D eigenvalue weighted by atomic mass is 35.5. The van der Waals surface area contributed by atoms with Crippen LogP contribution in [0.25, 0.3) is 0 Å². The minimum atomic E-state index is -4.48. The van der Waals surface area contributed by atoms with Gasteiger partial charge < -0.3 is 5.73 Å². The molecule has 6 heteroatoms. The van der Waals surface area contributed by atoms with Crippen LogP contribution in [0.3, 0.4) is 0 Å². The van der Waals surface area contributed by atoms with Crippen LogP contribution >= 0.6 is 11.6 Å². The zero-order valence-electron chi connectivity index (χ0n) is 7.40. The van der Waals surface area contributed by atoms with Gasteiger partial charge in [0.2, 0.25) is 0 Å². The van der Waals surface area contributed by atoms with Gasteiger partial charge >= 0.3 is 6.18 Å². The van der Waals surface area contributed by atoms with E-state index in [1.54, 1.807) is 6.07 Å². The van der Waals surface area contributed by atoms with Gasteiger partial charge in [-0.3, -0.25) is 0 Å². The first-order chi connectivity index (χ1) is 6.86. The lowest BCUT2D eigenvalue weighted by atomic mass is 10.1. The number of rotatable bonds is 1. The monoisotopic (exact) mass is 234 g/mol. The van der Waals surface area contributed by atoms with E-state index < -0.39 is 11.7 Å². The summed E-state index contributed by atoms with van der Waals surface area (Å²) in [4.78, 5) is 0. The Balaban J connectivity index is 3.31. The molecule has 0 amide bonds. The molecular weight excluding hydrogens is 229 g/mol. The number of hydrogen-bond acceptors (Lipinski definition) is 2. The molecule has 0 radical (unpaired) electrons. The van der Waals surface area contributed by atoms with Gasteiger partial charge in [0, 0.05) is 0 Å². The first kappa shape index (κ1) is 11.7. The Morgan fingerprint density at radius 3 is 2.47 bits per heavy atom. The van der Waals surface area contributed by atoms with Gasteiger partial charge in [0.15, 0.2) is 0 Å². The van der Waals surface area contributed by atoms with E-state index in [4.69, 9.17) is 22.6 Å². The predicted molar refractivity (Wildman–Crippen MR) is 50.2 cm³/mol. The molecule has 0 aromatic heterocycles. The van der Waals surface area contributed by atoms with Crippen LogP contribution in [-0.4, -0.2) is 0 Å². The van der Waals surface area contributed by atoms with Crippen molar-refractivity contribution in [1.82, 2.24) is 0 Å². The van der Waals surface area contributed by atoms with Gasteiger partial charge in [-0.1, -0.05) is 11.6 Å². The SMILES string of the molecule is N#CCc1cc(C(F)(F)F)cc(Cl)c1N. The molecule has 0 aliphatic rings. The summed E-state index contributed by atoms with van der Waals surface area (Å²) in [6, 6.07) is 3.31. The standard InChI is InChI=1S/C9H6ClF3N2/c10-7-4-6(9(11,12)13)3-5(1-2-14)8(7)15/h3-4H,1,15H2. The molecule has 2 nitrogen and oxygen atoms in total. The van der Waals surface area contributed by atoms with Crippen LogP contribution in [0.2, 0.25) is 5.02 Å². The molecule has 0 spiro atoms. The van der Waals surface area contributed by atoms with E-state index in [0.29, 0.717) is 0 Å². The van der Waals surface area contributed by atoms with E-state index in [-0.39, 0.29) is 22.7 Å². The van der Waals surface area contributed by atoms with Gasteiger partial charge in [-0.25, -0.2) is 0 Å². The summed E-state index contributed by atoms with van der Waals surface area (Å²) in [6.45, 7) is 0. The van der Waals surface area contributed by atoms with Crippen LogP contribution in [0.15, 0.2) is 12.1 Å². The maximum absolute atomic E-state index is 12.3. The van der Waals surface area contributed by atoms with Gasteiger partial charge in [0.1, 0.15) is 0 Å². The van der Waals surface area contributed by atoms with E-state index in [2.05, 4.69) is 0 Å².